The Labute approximate surface area is 124 Å². The number of rotatable bonds is 6. The summed E-state index contributed by atoms with van der Waals surface area (Å²) in [6, 6.07) is 5.64. The first-order chi connectivity index (χ1) is 10.3. The highest BCUT2D eigenvalue weighted by molar-refractivity contribution is 5.55. The van der Waals surface area contributed by atoms with Gasteiger partial charge in [-0.2, -0.15) is 0 Å². The van der Waals surface area contributed by atoms with Crippen molar-refractivity contribution in [3.05, 3.63) is 30.4 Å². The topological polar surface area (TPSA) is 60.0 Å². The van der Waals surface area contributed by atoms with Gasteiger partial charge >= 0.3 is 0 Å². The Morgan fingerprint density at radius 1 is 1.33 bits per heavy atom. The molecule has 2 unspecified atom stereocenters. The lowest BCUT2D eigenvalue weighted by atomic mass is 10.1. The van der Waals surface area contributed by atoms with E-state index < -0.39 is 6.10 Å². The average Bonchev–Trinajstić information content (AvgIpc) is 2.99. The van der Waals surface area contributed by atoms with Crippen LogP contribution in [0.2, 0.25) is 0 Å². The standard InChI is InChI=1S/C16H21NO4/c18-13(10-19-14-4-2-1-3-5-14)9-17-12-6-7-15-16(8-12)21-11-20-15/h2,4,6-8,13-14,17-18H,1,3,5,9-11H2. The number of nitrogens with one attached hydrogen (secondary N) is 1. The van der Waals surface area contributed by atoms with Crippen molar-refractivity contribution in [2.75, 3.05) is 25.3 Å². The van der Waals surface area contributed by atoms with Gasteiger partial charge in [-0.25, -0.2) is 0 Å². The third kappa shape index (κ3) is 3.89. The number of aliphatic hydroxyl groups excluding tert-OH is 1. The average molecular weight is 291 g/mol. The third-order valence-electron chi connectivity index (χ3n) is 3.63. The number of ether oxygens (including phenoxy) is 3. The highest BCUT2D eigenvalue weighted by Crippen LogP contribution is 2.34. The molecule has 0 aromatic heterocycles. The van der Waals surface area contributed by atoms with E-state index in [1.807, 2.05) is 18.2 Å². The fraction of sp³-hybridized carbons (Fsp3) is 0.500. The van der Waals surface area contributed by atoms with Crippen molar-refractivity contribution in [3.63, 3.8) is 0 Å². The molecule has 1 heterocycles. The molecule has 2 atom stereocenters. The summed E-state index contributed by atoms with van der Waals surface area (Å²) < 4.78 is 16.3. The van der Waals surface area contributed by atoms with Crippen LogP contribution in [0.4, 0.5) is 5.69 Å². The molecule has 0 fully saturated rings. The zero-order valence-electron chi connectivity index (χ0n) is 12.0. The van der Waals surface area contributed by atoms with Gasteiger partial charge in [0, 0.05) is 18.3 Å². The monoisotopic (exact) mass is 291 g/mol. The lowest BCUT2D eigenvalue weighted by molar-refractivity contribution is 0.0100. The van der Waals surface area contributed by atoms with E-state index in [1.165, 1.54) is 0 Å². The van der Waals surface area contributed by atoms with Crippen LogP contribution < -0.4 is 14.8 Å². The molecule has 1 aromatic carbocycles. The number of aliphatic hydroxyl groups is 1. The minimum Gasteiger partial charge on any atom is -0.454 e. The maximum absolute atomic E-state index is 9.97. The molecule has 21 heavy (non-hydrogen) atoms. The summed E-state index contributed by atoms with van der Waals surface area (Å²) in [6.07, 6.45) is 7.18. The van der Waals surface area contributed by atoms with Crippen LogP contribution in [0.5, 0.6) is 11.5 Å². The second-order valence-corrected chi connectivity index (χ2v) is 5.33. The van der Waals surface area contributed by atoms with Crippen molar-refractivity contribution in [3.8, 4) is 11.5 Å². The summed E-state index contributed by atoms with van der Waals surface area (Å²) in [5.41, 5.74) is 0.899. The second kappa shape index (κ2) is 6.83. The molecule has 0 spiro atoms. The number of hydrogen-bond acceptors (Lipinski definition) is 5. The van der Waals surface area contributed by atoms with E-state index in [2.05, 4.69) is 17.5 Å². The van der Waals surface area contributed by atoms with Gasteiger partial charge in [-0.3, -0.25) is 0 Å². The van der Waals surface area contributed by atoms with Gasteiger partial charge in [-0.1, -0.05) is 12.2 Å². The molecule has 0 saturated carbocycles. The Hall–Kier alpha value is -1.72. The highest BCUT2D eigenvalue weighted by Gasteiger charge is 2.14. The van der Waals surface area contributed by atoms with E-state index in [1.54, 1.807) is 0 Å². The molecule has 1 aromatic rings. The van der Waals surface area contributed by atoms with Gasteiger partial charge in [0.15, 0.2) is 11.5 Å². The molecular weight excluding hydrogens is 270 g/mol. The van der Waals surface area contributed by atoms with Crippen molar-refractivity contribution >= 4 is 5.69 Å². The number of anilines is 1. The quantitative estimate of drug-likeness (QED) is 0.788. The van der Waals surface area contributed by atoms with Gasteiger partial charge in [-0.05, 0) is 31.4 Å². The smallest absolute Gasteiger partial charge is 0.231 e. The first-order valence-electron chi connectivity index (χ1n) is 7.41. The van der Waals surface area contributed by atoms with Gasteiger partial charge in [0.1, 0.15) is 0 Å². The second-order valence-electron chi connectivity index (χ2n) is 5.33. The van der Waals surface area contributed by atoms with Crippen molar-refractivity contribution in [1.29, 1.82) is 0 Å². The van der Waals surface area contributed by atoms with E-state index in [9.17, 15) is 5.11 Å². The molecule has 2 aliphatic rings. The molecular formula is C16H21NO4. The Balaban J connectivity index is 1.42. The largest absolute Gasteiger partial charge is 0.454 e. The van der Waals surface area contributed by atoms with E-state index in [0.29, 0.717) is 13.2 Å². The Bertz CT molecular complexity index is 503. The van der Waals surface area contributed by atoms with Gasteiger partial charge in [0.2, 0.25) is 6.79 Å². The highest BCUT2D eigenvalue weighted by atomic mass is 16.7. The third-order valence-corrected chi connectivity index (χ3v) is 3.63. The molecule has 0 radical (unpaired) electrons. The summed E-state index contributed by atoms with van der Waals surface area (Å²) in [5.74, 6) is 1.49. The van der Waals surface area contributed by atoms with E-state index in [0.717, 1.165) is 36.4 Å². The summed E-state index contributed by atoms with van der Waals surface area (Å²) in [7, 11) is 0. The van der Waals surface area contributed by atoms with E-state index in [4.69, 9.17) is 14.2 Å². The maximum atomic E-state index is 9.97. The number of hydrogen-bond donors (Lipinski definition) is 2. The van der Waals surface area contributed by atoms with Crippen molar-refractivity contribution in [2.45, 2.75) is 31.5 Å². The molecule has 3 rings (SSSR count). The SMILES string of the molecule is OC(CNc1ccc2c(c1)OCO2)COC1C=CCCC1. The predicted molar refractivity (Wildman–Crippen MR) is 79.8 cm³/mol. The van der Waals surface area contributed by atoms with Gasteiger partial charge in [0.05, 0.1) is 18.8 Å². The van der Waals surface area contributed by atoms with Crippen LogP contribution in [0.1, 0.15) is 19.3 Å². The lowest BCUT2D eigenvalue weighted by Gasteiger charge is -2.20. The van der Waals surface area contributed by atoms with Gasteiger partial charge < -0.3 is 24.6 Å². The van der Waals surface area contributed by atoms with E-state index >= 15 is 0 Å². The summed E-state index contributed by atoms with van der Waals surface area (Å²) in [5, 5.41) is 13.1. The Morgan fingerprint density at radius 3 is 3.10 bits per heavy atom. The fourth-order valence-corrected chi connectivity index (χ4v) is 2.46. The zero-order chi connectivity index (χ0) is 14.5. The number of benzene rings is 1. The van der Waals surface area contributed by atoms with Crippen LogP contribution in [0.25, 0.3) is 0 Å². The number of fused-ring (bicyclic) bond motifs is 1. The molecule has 5 heteroatoms. The zero-order valence-corrected chi connectivity index (χ0v) is 12.0. The van der Waals surface area contributed by atoms with Crippen LogP contribution in [-0.2, 0) is 4.74 Å². The molecule has 0 saturated heterocycles. The minimum atomic E-state index is -0.536. The van der Waals surface area contributed by atoms with Gasteiger partial charge in [0.25, 0.3) is 0 Å². The van der Waals surface area contributed by atoms with Crippen molar-refractivity contribution < 1.29 is 19.3 Å². The molecule has 1 aliphatic heterocycles. The van der Waals surface area contributed by atoms with Crippen LogP contribution >= 0.6 is 0 Å². The number of allylic oxidation sites excluding steroid dienone is 1. The van der Waals surface area contributed by atoms with E-state index in [-0.39, 0.29) is 12.9 Å². The first-order valence-corrected chi connectivity index (χ1v) is 7.41. The molecule has 114 valence electrons. The Kier molecular flexibility index (Phi) is 4.62. The first kappa shape index (κ1) is 14.2. The maximum Gasteiger partial charge on any atom is 0.231 e. The summed E-state index contributed by atoms with van der Waals surface area (Å²) >= 11 is 0. The normalized spacial score (nSPS) is 21.3. The van der Waals surface area contributed by atoms with Gasteiger partial charge in [-0.15, -0.1) is 0 Å². The molecule has 5 nitrogen and oxygen atoms in total. The van der Waals surface area contributed by atoms with Crippen LogP contribution in [-0.4, -0.2) is 37.3 Å². The van der Waals surface area contributed by atoms with Crippen LogP contribution in [0, 0.1) is 0 Å². The molecule has 0 amide bonds. The lowest BCUT2D eigenvalue weighted by Crippen LogP contribution is -2.27. The summed E-state index contributed by atoms with van der Waals surface area (Å²) in [4.78, 5) is 0. The molecule has 2 N–H and O–H groups in total. The predicted octanol–water partition coefficient (Wildman–Crippen LogP) is 2.31. The van der Waals surface area contributed by atoms with Crippen molar-refractivity contribution in [2.24, 2.45) is 0 Å². The minimum absolute atomic E-state index is 0.152. The molecule has 1 aliphatic carbocycles. The van der Waals surface area contributed by atoms with Crippen molar-refractivity contribution in [1.82, 2.24) is 0 Å². The fourth-order valence-electron chi connectivity index (χ4n) is 2.46. The Morgan fingerprint density at radius 2 is 2.24 bits per heavy atom. The van der Waals surface area contributed by atoms with Crippen LogP contribution in [0.3, 0.4) is 0 Å². The molecule has 0 bridgehead atoms. The summed E-state index contributed by atoms with van der Waals surface area (Å²) in [6.45, 7) is 1.05. The van der Waals surface area contributed by atoms with Crippen LogP contribution in [0.15, 0.2) is 30.4 Å².